The van der Waals surface area contributed by atoms with Gasteiger partial charge in [0.2, 0.25) is 0 Å². The maximum atomic E-state index is 13.3. The average molecular weight is 231 g/mol. The Bertz CT molecular complexity index is 444. The summed E-state index contributed by atoms with van der Waals surface area (Å²) in [4.78, 5) is 0. The Morgan fingerprint density at radius 1 is 1.33 bits per heavy atom. The first-order valence-electron chi connectivity index (χ1n) is 4.53. The van der Waals surface area contributed by atoms with E-state index in [-0.39, 0.29) is 5.56 Å². The first-order chi connectivity index (χ1) is 6.84. The van der Waals surface area contributed by atoms with Gasteiger partial charge in [-0.1, -0.05) is 18.2 Å². The fourth-order valence-electron chi connectivity index (χ4n) is 1.26. The Morgan fingerprint density at radius 3 is 2.33 bits per heavy atom. The van der Waals surface area contributed by atoms with Gasteiger partial charge >= 0.3 is 0 Å². The van der Waals surface area contributed by atoms with Gasteiger partial charge in [0, 0.05) is 17.9 Å². The van der Waals surface area contributed by atoms with E-state index in [0.717, 1.165) is 6.26 Å². The van der Waals surface area contributed by atoms with Crippen molar-refractivity contribution in [2.45, 2.75) is 18.2 Å². The molecule has 0 unspecified atom stereocenters. The van der Waals surface area contributed by atoms with Crippen molar-refractivity contribution in [2.24, 2.45) is 5.73 Å². The van der Waals surface area contributed by atoms with E-state index in [1.807, 2.05) is 0 Å². The Hall–Kier alpha value is -0.940. The van der Waals surface area contributed by atoms with Crippen molar-refractivity contribution in [3.63, 3.8) is 0 Å². The molecule has 0 spiro atoms. The molecule has 0 saturated carbocycles. The van der Waals surface area contributed by atoms with E-state index in [2.05, 4.69) is 0 Å². The zero-order valence-corrected chi connectivity index (χ0v) is 9.46. The number of hydrogen-bond acceptors (Lipinski definition) is 3. The minimum absolute atomic E-state index is 0.232. The zero-order valence-electron chi connectivity index (χ0n) is 8.64. The minimum atomic E-state index is -3.26. The Balaban J connectivity index is 3.06. The van der Waals surface area contributed by atoms with Gasteiger partial charge in [-0.2, -0.15) is 0 Å². The molecule has 3 nitrogen and oxygen atoms in total. The van der Waals surface area contributed by atoms with Gasteiger partial charge < -0.3 is 5.73 Å². The van der Waals surface area contributed by atoms with Crippen molar-refractivity contribution in [1.29, 1.82) is 0 Å². The third-order valence-corrected chi connectivity index (χ3v) is 4.09. The summed E-state index contributed by atoms with van der Waals surface area (Å²) in [6.45, 7) is 1.48. The van der Waals surface area contributed by atoms with Gasteiger partial charge in [-0.25, -0.2) is 12.8 Å². The van der Waals surface area contributed by atoms with E-state index in [1.54, 1.807) is 6.07 Å². The molecule has 0 aliphatic heterocycles. The predicted octanol–water partition coefficient (Wildman–Crippen LogP) is 1.26. The molecule has 1 aromatic rings. The predicted molar refractivity (Wildman–Crippen MR) is 57.6 cm³/mol. The van der Waals surface area contributed by atoms with Crippen molar-refractivity contribution in [1.82, 2.24) is 0 Å². The number of sulfone groups is 1. The van der Waals surface area contributed by atoms with Gasteiger partial charge in [0.25, 0.3) is 0 Å². The Morgan fingerprint density at radius 2 is 1.87 bits per heavy atom. The molecule has 1 rings (SSSR count). The highest BCUT2D eigenvalue weighted by molar-refractivity contribution is 7.91. The first-order valence-corrected chi connectivity index (χ1v) is 6.48. The van der Waals surface area contributed by atoms with Gasteiger partial charge in [0.1, 0.15) is 5.82 Å². The quantitative estimate of drug-likeness (QED) is 0.852. The minimum Gasteiger partial charge on any atom is -0.323 e. The molecule has 0 fully saturated rings. The lowest BCUT2D eigenvalue weighted by atomic mass is 10.0. The Kier molecular flexibility index (Phi) is 3.46. The summed E-state index contributed by atoms with van der Waals surface area (Å²) in [5.74, 6) is -0.472. The molecule has 1 aromatic carbocycles. The van der Waals surface area contributed by atoms with Gasteiger partial charge in [-0.05, 0) is 13.0 Å². The van der Waals surface area contributed by atoms with Gasteiger partial charge in [0.15, 0.2) is 9.84 Å². The van der Waals surface area contributed by atoms with Crippen LogP contribution < -0.4 is 5.73 Å². The second-order valence-corrected chi connectivity index (χ2v) is 5.98. The number of halogens is 1. The monoisotopic (exact) mass is 231 g/mol. The number of benzene rings is 1. The van der Waals surface area contributed by atoms with Gasteiger partial charge in [-0.3, -0.25) is 0 Å². The van der Waals surface area contributed by atoms with E-state index >= 15 is 0 Å². The standard InChI is InChI=1S/C10H14FNO2S/c1-7(15(2,13)14)10(12)8-5-3-4-6-9(8)11/h3-7,10H,12H2,1-2H3/t7-,10-/m1/s1. The molecule has 0 bridgehead atoms. The summed E-state index contributed by atoms with van der Waals surface area (Å²) < 4.78 is 35.8. The largest absolute Gasteiger partial charge is 0.323 e. The maximum absolute atomic E-state index is 13.3. The van der Waals surface area contributed by atoms with Crippen LogP contribution in [-0.2, 0) is 9.84 Å². The van der Waals surface area contributed by atoms with Crippen molar-refractivity contribution in [2.75, 3.05) is 6.26 Å². The third kappa shape index (κ3) is 2.76. The normalized spacial score (nSPS) is 16.0. The van der Waals surface area contributed by atoms with Crippen LogP contribution in [0.5, 0.6) is 0 Å². The fourth-order valence-corrected chi connectivity index (χ4v) is 1.94. The number of rotatable bonds is 3. The molecule has 0 saturated heterocycles. The van der Waals surface area contributed by atoms with Crippen LogP contribution in [0.15, 0.2) is 24.3 Å². The molecule has 0 aliphatic carbocycles. The number of hydrogen-bond donors (Lipinski definition) is 1. The van der Waals surface area contributed by atoms with Crippen molar-refractivity contribution < 1.29 is 12.8 Å². The molecule has 0 heterocycles. The van der Waals surface area contributed by atoms with Crippen LogP contribution in [0.1, 0.15) is 18.5 Å². The second kappa shape index (κ2) is 4.28. The third-order valence-electron chi connectivity index (χ3n) is 2.45. The highest BCUT2D eigenvalue weighted by Crippen LogP contribution is 2.21. The molecular weight excluding hydrogens is 217 g/mol. The molecule has 0 aromatic heterocycles. The summed E-state index contributed by atoms with van der Waals surface area (Å²) in [5, 5.41) is -0.797. The molecule has 0 radical (unpaired) electrons. The lowest BCUT2D eigenvalue weighted by molar-refractivity contribution is 0.550. The average Bonchev–Trinajstić information content (AvgIpc) is 2.15. The number of nitrogens with two attached hydrogens (primary N) is 1. The molecule has 2 N–H and O–H groups in total. The topological polar surface area (TPSA) is 60.2 Å². The summed E-state index contributed by atoms with van der Waals surface area (Å²) >= 11 is 0. The summed E-state index contributed by atoms with van der Waals surface area (Å²) in [5.41, 5.74) is 5.94. The zero-order chi connectivity index (χ0) is 11.6. The van der Waals surface area contributed by atoms with E-state index < -0.39 is 26.9 Å². The highest BCUT2D eigenvalue weighted by Gasteiger charge is 2.25. The highest BCUT2D eigenvalue weighted by atomic mass is 32.2. The van der Waals surface area contributed by atoms with Crippen molar-refractivity contribution >= 4 is 9.84 Å². The Labute approximate surface area is 89.0 Å². The molecule has 0 amide bonds. The van der Waals surface area contributed by atoms with Crippen molar-refractivity contribution in [3.05, 3.63) is 35.6 Å². The van der Waals surface area contributed by atoms with Crippen LogP contribution in [-0.4, -0.2) is 19.9 Å². The fraction of sp³-hybridized carbons (Fsp3) is 0.400. The van der Waals surface area contributed by atoms with E-state index in [0.29, 0.717) is 0 Å². The summed E-state index contributed by atoms with van der Waals surface area (Å²) in [7, 11) is -3.26. The van der Waals surface area contributed by atoms with Crippen LogP contribution in [0.3, 0.4) is 0 Å². The molecule has 84 valence electrons. The van der Waals surface area contributed by atoms with E-state index in [9.17, 15) is 12.8 Å². The molecule has 5 heteroatoms. The molecular formula is C10H14FNO2S. The maximum Gasteiger partial charge on any atom is 0.151 e. The first kappa shape index (κ1) is 12.1. The van der Waals surface area contributed by atoms with Crippen LogP contribution in [0, 0.1) is 5.82 Å². The van der Waals surface area contributed by atoms with Crippen LogP contribution in [0.25, 0.3) is 0 Å². The molecule has 2 atom stereocenters. The lowest BCUT2D eigenvalue weighted by Crippen LogP contribution is -2.31. The van der Waals surface area contributed by atoms with Crippen LogP contribution >= 0.6 is 0 Å². The smallest absolute Gasteiger partial charge is 0.151 e. The van der Waals surface area contributed by atoms with Crippen molar-refractivity contribution in [3.8, 4) is 0 Å². The lowest BCUT2D eigenvalue weighted by Gasteiger charge is -2.18. The summed E-state index contributed by atoms with van der Waals surface area (Å²) in [6.07, 6.45) is 1.10. The van der Waals surface area contributed by atoms with Crippen LogP contribution in [0.2, 0.25) is 0 Å². The van der Waals surface area contributed by atoms with E-state index in [1.165, 1.54) is 25.1 Å². The molecule has 15 heavy (non-hydrogen) atoms. The summed E-state index contributed by atoms with van der Waals surface area (Å²) in [6, 6.07) is 5.11. The van der Waals surface area contributed by atoms with Gasteiger partial charge in [0.05, 0.1) is 5.25 Å². The molecule has 0 aliphatic rings. The second-order valence-electron chi connectivity index (χ2n) is 3.58. The van der Waals surface area contributed by atoms with E-state index in [4.69, 9.17) is 5.73 Å². The van der Waals surface area contributed by atoms with Gasteiger partial charge in [-0.15, -0.1) is 0 Å². The SMILES string of the molecule is C[C@H]([C@@H](N)c1ccccc1F)S(C)(=O)=O. The van der Waals surface area contributed by atoms with Crippen LogP contribution in [0.4, 0.5) is 4.39 Å².